The first kappa shape index (κ1) is 16.3. The zero-order valence-corrected chi connectivity index (χ0v) is 13.0. The molecule has 1 fully saturated rings. The molecule has 0 bridgehead atoms. The monoisotopic (exact) mass is 270 g/mol. The van der Waals surface area contributed by atoms with Crippen LogP contribution in [0.2, 0.25) is 0 Å². The third-order valence-corrected chi connectivity index (χ3v) is 4.13. The van der Waals surface area contributed by atoms with Crippen molar-refractivity contribution < 1.29 is 9.53 Å². The van der Waals surface area contributed by atoms with Gasteiger partial charge in [0.05, 0.1) is 12.6 Å². The molecule has 0 aromatic rings. The summed E-state index contributed by atoms with van der Waals surface area (Å²) in [7, 11) is 1.65. The first-order chi connectivity index (χ1) is 8.93. The lowest BCUT2D eigenvalue weighted by atomic mass is 9.74. The van der Waals surface area contributed by atoms with E-state index in [9.17, 15) is 4.79 Å². The van der Waals surface area contributed by atoms with Gasteiger partial charge in [0.2, 0.25) is 0 Å². The summed E-state index contributed by atoms with van der Waals surface area (Å²) in [5, 5.41) is 6.09. The molecule has 0 aromatic carbocycles. The van der Waals surface area contributed by atoms with E-state index in [1.54, 1.807) is 7.11 Å². The lowest BCUT2D eigenvalue weighted by molar-refractivity contribution is 0.156. The number of carbonyl (C=O) groups excluding carboxylic acids is 1. The summed E-state index contributed by atoms with van der Waals surface area (Å²) in [4.78, 5) is 12.0. The Kier molecular flexibility index (Phi) is 6.63. The molecule has 0 radical (unpaired) electrons. The van der Waals surface area contributed by atoms with Crippen LogP contribution < -0.4 is 10.6 Å². The van der Waals surface area contributed by atoms with Crippen molar-refractivity contribution in [3.63, 3.8) is 0 Å². The molecule has 4 atom stereocenters. The van der Waals surface area contributed by atoms with Crippen LogP contribution in [0.15, 0.2) is 0 Å². The van der Waals surface area contributed by atoms with Crippen LogP contribution in [0, 0.1) is 17.8 Å². The Morgan fingerprint density at radius 3 is 2.58 bits per heavy atom. The van der Waals surface area contributed by atoms with Crippen molar-refractivity contribution in [3.8, 4) is 0 Å². The van der Waals surface area contributed by atoms with Crippen molar-refractivity contribution in [1.29, 1.82) is 0 Å². The van der Waals surface area contributed by atoms with E-state index in [1.807, 2.05) is 6.92 Å². The molecule has 1 saturated carbocycles. The second kappa shape index (κ2) is 7.73. The highest BCUT2D eigenvalue weighted by Crippen LogP contribution is 2.33. The van der Waals surface area contributed by atoms with Crippen LogP contribution in [0.5, 0.6) is 0 Å². The SMILES string of the molecule is COCC(C)NC(=O)NC1CC(C)CCC1C(C)C. The standard InChI is InChI=1S/C15H30N2O2/c1-10(2)13-7-6-11(3)8-14(13)17-15(18)16-12(4)9-19-5/h10-14H,6-9H2,1-5H3,(H2,16,17,18). The number of hydrogen-bond donors (Lipinski definition) is 2. The normalized spacial score (nSPS) is 29.1. The maximum absolute atomic E-state index is 12.0. The van der Waals surface area contributed by atoms with Crippen molar-refractivity contribution >= 4 is 6.03 Å². The fraction of sp³-hybridized carbons (Fsp3) is 0.933. The number of nitrogens with one attached hydrogen (secondary N) is 2. The van der Waals surface area contributed by atoms with Crippen molar-refractivity contribution in [2.75, 3.05) is 13.7 Å². The van der Waals surface area contributed by atoms with E-state index < -0.39 is 0 Å². The Morgan fingerprint density at radius 1 is 1.32 bits per heavy atom. The van der Waals surface area contributed by atoms with Crippen molar-refractivity contribution in [2.24, 2.45) is 17.8 Å². The molecule has 0 saturated heterocycles. The molecule has 1 rings (SSSR count). The topological polar surface area (TPSA) is 50.4 Å². The Bertz CT molecular complexity index is 281. The van der Waals surface area contributed by atoms with Gasteiger partial charge >= 0.3 is 6.03 Å². The molecule has 112 valence electrons. The fourth-order valence-corrected chi connectivity index (χ4v) is 3.09. The number of methoxy groups -OCH3 is 1. The molecule has 1 aliphatic rings. The highest BCUT2D eigenvalue weighted by Gasteiger charge is 2.31. The summed E-state index contributed by atoms with van der Waals surface area (Å²) < 4.78 is 5.03. The van der Waals surface area contributed by atoms with Gasteiger partial charge in [0.15, 0.2) is 0 Å². The number of amides is 2. The molecule has 0 aliphatic heterocycles. The third-order valence-electron chi connectivity index (χ3n) is 4.13. The van der Waals surface area contributed by atoms with E-state index in [0.717, 1.165) is 6.42 Å². The number of urea groups is 1. The third kappa shape index (κ3) is 5.39. The molecule has 4 nitrogen and oxygen atoms in total. The average molecular weight is 270 g/mol. The largest absolute Gasteiger partial charge is 0.383 e. The minimum absolute atomic E-state index is 0.0449. The molecule has 2 N–H and O–H groups in total. The maximum atomic E-state index is 12.0. The van der Waals surface area contributed by atoms with Crippen molar-refractivity contribution in [3.05, 3.63) is 0 Å². The van der Waals surface area contributed by atoms with E-state index in [1.165, 1.54) is 12.8 Å². The number of carbonyl (C=O) groups is 1. The van der Waals surface area contributed by atoms with Crippen LogP contribution in [-0.4, -0.2) is 31.8 Å². The summed E-state index contributed by atoms with van der Waals surface area (Å²) in [6.45, 7) is 9.27. The lowest BCUT2D eigenvalue weighted by Crippen LogP contribution is -2.51. The van der Waals surface area contributed by atoms with Crippen LogP contribution in [0.1, 0.15) is 47.0 Å². The molecule has 0 aromatic heterocycles. The number of rotatable bonds is 5. The van der Waals surface area contributed by atoms with E-state index in [0.29, 0.717) is 30.4 Å². The van der Waals surface area contributed by atoms with E-state index in [-0.39, 0.29) is 12.1 Å². The van der Waals surface area contributed by atoms with E-state index in [4.69, 9.17) is 4.74 Å². The van der Waals surface area contributed by atoms with Crippen LogP contribution in [0.25, 0.3) is 0 Å². The second-order valence-electron chi connectivity index (χ2n) is 6.41. The first-order valence-electron chi connectivity index (χ1n) is 7.50. The van der Waals surface area contributed by atoms with Gasteiger partial charge in [0.25, 0.3) is 0 Å². The second-order valence-corrected chi connectivity index (χ2v) is 6.41. The first-order valence-corrected chi connectivity index (χ1v) is 7.50. The Labute approximate surface area is 117 Å². The zero-order valence-electron chi connectivity index (χ0n) is 13.0. The van der Waals surface area contributed by atoms with Gasteiger partial charge in [0.1, 0.15) is 0 Å². The fourth-order valence-electron chi connectivity index (χ4n) is 3.09. The molecule has 2 amide bonds. The maximum Gasteiger partial charge on any atom is 0.315 e. The molecule has 4 heteroatoms. The molecular weight excluding hydrogens is 240 g/mol. The number of ether oxygens (including phenoxy) is 1. The van der Waals surface area contributed by atoms with E-state index in [2.05, 4.69) is 31.4 Å². The zero-order chi connectivity index (χ0) is 14.4. The smallest absolute Gasteiger partial charge is 0.315 e. The van der Waals surface area contributed by atoms with Gasteiger partial charge in [-0.2, -0.15) is 0 Å². The van der Waals surface area contributed by atoms with Crippen LogP contribution in [0.4, 0.5) is 4.79 Å². The summed E-state index contributed by atoms with van der Waals surface area (Å²) in [6.07, 6.45) is 3.59. The van der Waals surface area contributed by atoms with Gasteiger partial charge in [-0.25, -0.2) is 4.79 Å². The molecule has 0 spiro atoms. The van der Waals surface area contributed by atoms with Gasteiger partial charge < -0.3 is 15.4 Å². The van der Waals surface area contributed by atoms with Gasteiger partial charge in [-0.3, -0.25) is 0 Å². The van der Waals surface area contributed by atoms with Gasteiger partial charge in [-0.05, 0) is 37.5 Å². The van der Waals surface area contributed by atoms with Gasteiger partial charge in [-0.1, -0.05) is 27.2 Å². The van der Waals surface area contributed by atoms with Crippen molar-refractivity contribution in [1.82, 2.24) is 10.6 Å². The predicted molar refractivity (Wildman–Crippen MR) is 78.1 cm³/mol. The Hall–Kier alpha value is -0.770. The summed E-state index contributed by atoms with van der Waals surface area (Å²) >= 11 is 0. The lowest BCUT2D eigenvalue weighted by Gasteiger charge is -2.37. The Morgan fingerprint density at radius 2 is 2.00 bits per heavy atom. The van der Waals surface area contributed by atoms with Crippen molar-refractivity contribution in [2.45, 2.75) is 59.0 Å². The molecule has 1 aliphatic carbocycles. The molecular formula is C15H30N2O2. The van der Waals surface area contributed by atoms with Crippen LogP contribution in [0.3, 0.4) is 0 Å². The summed E-state index contributed by atoms with van der Waals surface area (Å²) in [5.74, 6) is 1.92. The Balaban J connectivity index is 2.49. The highest BCUT2D eigenvalue weighted by atomic mass is 16.5. The molecule has 19 heavy (non-hydrogen) atoms. The molecule has 0 heterocycles. The average Bonchev–Trinajstić information content (AvgIpc) is 2.28. The van der Waals surface area contributed by atoms with E-state index >= 15 is 0 Å². The number of hydrogen-bond acceptors (Lipinski definition) is 2. The van der Waals surface area contributed by atoms with Crippen LogP contribution in [-0.2, 0) is 4.74 Å². The summed E-state index contributed by atoms with van der Waals surface area (Å²) in [6, 6.07) is 0.288. The summed E-state index contributed by atoms with van der Waals surface area (Å²) in [5.41, 5.74) is 0. The minimum Gasteiger partial charge on any atom is -0.383 e. The van der Waals surface area contributed by atoms with Gasteiger partial charge in [-0.15, -0.1) is 0 Å². The van der Waals surface area contributed by atoms with Crippen LogP contribution >= 0.6 is 0 Å². The van der Waals surface area contributed by atoms with Gasteiger partial charge in [0, 0.05) is 13.2 Å². The highest BCUT2D eigenvalue weighted by molar-refractivity contribution is 5.74. The molecule has 4 unspecified atom stereocenters. The minimum atomic E-state index is -0.0608. The predicted octanol–water partition coefficient (Wildman–Crippen LogP) is 2.78. The quantitative estimate of drug-likeness (QED) is 0.807.